The molecule has 0 aliphatic carbocycles. The quantitative estimate of drug-likeness (QED) is 0.774. The monoisotopic (exact) mass is 323 g/mol. The predicted molar refractivity (Wildman–Crippen MR) is 85.4 cm³/mol. The van der Waals surface area contributed by atoms with Crippen LogP contribution in [-0.2, 0) is 5.75 Å². The van der Waals surface area contributed by atoms with Gasteiger partial charge in [0.15, 0.2) is 0 Å². The number of thioether (sulfide) groups is 1. The summed E-state index contributed by atoms with van der Waals surface area (Å²) in [5.74, 6) is -0.131. The van der Waals surface area contributed by atoms with Gasteiger partial charge < -0.3 is 4.90 Å². The Morgan fingerprint density at radius 3 is 2.52 bits per heavy atom. The third kappa shape index (κ3) is 3.99. The van der Waals surface area contributed by atoms with E-state index >= 15 is 0 Å². The molecule has 0 saturated heterocycles. The molecule has 21 heavy (non-hydrogen) atoms. The zero-order valence-corrected chi connectivity index (χ0v) is 13.3. The van der Waals surface area contributed by atoms with Crippen molar-refractivity contribution in [3.05, 3.63) is 64.4 Å². The number of nitrogens with zero attached hydrogens (tertiary/aromatic N) is 1. The van der Waals surface area contributed by atoms with E-state index in [-0.39, 0.29) is 10.9 Å². The van der Waals surface area contributed by atoms with Crippen LogP contribution in [0.15, 0.2) is 47.4 Å². The summed E-state index contributed by atoms with van der Waals surface area (Å²) in [7, 11) is 3.26. The molecule has 1 amide bonds. The van der Waals surface area contributed by atoms with Crippen LogP contribution in [0.4, 0.5) is 4.39 Å². The fraction of sp³-hybridized carbons (Fsp3) is 0.188. The van der Waals surface area contributed by atoms with E-state index in [1.54, 1.807) is 14.1 Å². The Labute approximate surface area is 132 Å². The first-order valence-electron chi connectivity index (χ1n) is 6.36. The van der Waals surface area contributed by atoms with E-state index in [4.69, 9.17) is 11.6 Å². The van der Waals surface area contributed by atoms with Crippen LogP contribution in [0.5, 0.6) is 0 Å². The minimum absolute atomic E-state index is 0.224. The number of carbonyl (C=O) groups excluding carboxylic acids is 1. The lowest BCUT2D eigenvalue weighted by molar-refractivity contribution is 0.0823. The molecule has 0 N–H and O–H groups in total. The second-order valence-electron chi connectivity index (χ2n) is 4.74. The molecule has 2 nitrogen and oxygen atoms in total. The standard InChI is InChI=1S/C16H15ClFNOS/c1-19(2)16(20)13-8-12(17)9-14(18)15(13)21-10-11-6-4-3-5-7-11/h3-9H,10H2,1-2H3. The molecule has 2 aromatic carbocycles. The van der Waals surface area contributed by atoms with Crippen LogP contribution in [0, 0.1) is 5.82 Å². The van der Waals surface area contributed by atoms with Crippen LogP contribution >= 0.6 is 23.4 Å². The van der Waals surface area contributed by atoms with Gasteiger partial charge >= 0.3 is 0 Å². The van der Waals surface area contributed by atoms with Crippen LogP contribution in [0.2, 0.25) is 5.02 Å². The summed E-state index contributed by atoms with van der Waals surface area (Å²) in [6, 6.07) is 12.5. The topological polar surface area (TPSA) is 20.3 Å². The van der Waals surface area contributed by atoms with Crippen molar-refractivity contribution in [3.63, 3.8) is 0 Å². The van der Waals surface area contributed by atoms with Crippen molar-refractivity contribution in [2.24, 2.45) is 0 Å². The highest BCUT2D eigenvalue weighted by Crippen LogP contribution is 2.32. The Morgan fingerprint density at radius 2 is 1.90 bits per heavy atom. The van der Waals surface area contributed by atoms with E-state index in [2.05, 4.69) is 0 Å². The summed E-state index contributed by atoms with van der Waals surface area (Å²) < 4.78 is 14.2. The summed E-state index contributed by atoms with van der Waals surface area (Å²) >= 11 is 7.17. The van der Waals surface area contributed by atoms with Gasteiger partial charge in [0.1, 0.15) is 5.82 Å². The zero-order chi connectivity index (χ0) is 15.4. The van der Waals surface area contributed by atoms with Gasteiger partial charge in [-0.15, -0.1) is 11.8 Å². The van der Waals surface area contributed by atoms with E-state index in [0.29, 0.717) is 16.2 Å². The smallest absolute Gasteiger partial charge is 0.254 e. The molecule has 2 aromatic rings. The normalized spacial score (nSPS) is 10.5. The van der Waals surface area contributed by atoms with Gasteiger partial charge in [-0.3, -0.25) is 4.79 Å². The Balaban J connectivity index is 2.31. The van der Waals surface area contributed by atoms with Gasteiger partial charge in [-0.2, -0.15) is 0 Å². The zero-order valence-electron chi connectivity index (χ0n) is 11.8. The van der Waals surface area contributed by atoms with Gasteiger partial charge in [0.25, 0.3) is 5.91 Å². The molecular formula is C16H15ClFNOS. The highest BCUT2D eigenvalue weighted by molar-refractivity contribution is 7.98. The lowest BCUT2D eigenvalue weighted by Gasteiger charge is -2.15. The number of hydrogen-bond acceptors (Lipinski definition) is 2. The Morgan fingerprint density at radius 1 is 1.24 bits per heavy atom. The van der Waals surface area contributed by atoms with Crippen molar-refractivity contribution in [1.82, 2.24) is 4.90 Å². The van der Waals surface area contributed by atoms with Crippen LogP contribution in [-0.4, -0.2) is 24.9 Å². The molecular weight excluding hydrogens is 309 g/mol. The lowest BCUT2D eigenvalue weighted by Crippen LogP contribution is -2.22. The molecule has 0 saturated carbocycles. The van der Waals surface area contributed by atoms with Crippen LogP contribution in [0.3, 0.4) is 0 Å². The molecule has 0 aliphatic rings. The first-order valence-corrected chi connectivity index (χ1v) is 7.73. The largest absolute Gasteiger partial charge is 0.345 e. The Kier molecular flexibility index (Phi) is 5.26. The Bertz CT molecular complexity index is 646. The van der Waals surface area contributed by atoms with Crippen LogP contribution < -0.4 is 0 Å². The van der Waals surface area contributed by atoms with Gasteiger partial charge in [-0.1, -0.05) is 41.9 Å². The lowest BCUT2D eigenvalue weighted by atomic mass is 10.2. The van der Waals surface area contributed by atoms with Crippen molar-refractivity contribution >= 4 is 29.3 Å². The van der Waals surface area contributed by atoms with Crippen molar-refractivity contribution < 1.29 is 9.18 Å². The van der Waals surface area contributed by atoms with E-state index < -0.39 is 5.82 Å². The molecule has 5 heteroatoms. The molecule has 0 aliphatic heterocycles. The fourth-order valence-corrected chi connectivity index (χ4v) is 3.04. The average molecular weight is 324 g/mol. The van der Waals surface area contributed by atoms with Gasteiger partial charge in [0.2, 0.25) is 0 Å². The molecule has 0 spiro atoms. The molecule has 0 bridgehead atoms. The molecule has 110 valence electrons. The molecule has 0 radical (unpaired) electrons. The number of benzene rings is 2. The number of carbonyl (C=O) groups is 1. The molecule has 0 aromatic heterocycles. The van der Waals surface area contributed by atoms with Gasteiger partial charge in [0, 0.05) is 24.9 Å². The predicted octanol–water partition coefficient (Wildman–Crippen LogP) is 4.47. The average Bonchev–Trinajstić information content (AvgIpc) is 2.45. The first-order chi connectivity index (χ1) is 9.99. The summed E-state index contributed by atoms with van der Waals surface area (Å²) in [5, 5.41) is 0.224. The van der Waals surface area contributed by atoms with E-state index in [0.717, 1.165) is 5.56 Å². The van der Waals surface area contributed by atoms with Gasteiger partial charge in [0.05, 0.1) is 10.5 Å². The maximum absolute atomic E-state index is 14.2. The number of rotatable bonds is 4. The molecule has 0 heterocycles. The maximum Gasteiger partial charge on any atom is 0.254 e. The first kappa shape index (κ1) is 15.9. The second kappa shape index (κ2) is 6.96. The highest BCUT2D eigenvalue weighted by Gasteiger charge is 2.18. The van der Waals surface area contributed by atoms with Crippen molar-refractivity contribution in [1.29, 1.82) is 0 Å². The molecule has 0 atom stereocenters. The van der Waals surface area contributed by atoms with E-state index in [1.807, 2.05) is 30.3 Å². The molecule has 0 unspecified atom stereocenters. The third-order valence-corrected chi connectivity index (χ3v) is 4.27. The highest BCUT2D eigenvalue weighted by atomic mass is 35.5. The summed E-state index contributed by atoms with van der Waals surface area (Å²) in [5.41, 5.74) is 1.37. The molecule has 0 fully saturated rings. The molecule has 2 rings (SSSR count). The Hall–Kier alpha value is -1.52. The minimum Gasteiger partial charge on any atom is -0.345 e. The van der Waals surface area contributed by atoms with Crippen molar-refractivity contribution in [2.75, 3.05) is 14.1 Å². The number of amides is 1. The fourth-order valence-electron chi connectivity index (χ4n) is 1.84. The maximum atomic E-state index is 14.2. The number of halogens is 2. The van der Waals surface area contributed by atoms with Gasteiger partial charge in [-0.25, -0.2) is 4.39 Å². The summed E-state index contributed by atoms with van der Waals surface area (Å²) in [4.78, 5) is 13.9. The second-order valence-corrected chi connectivity index (χ2v) is 6.16. The third-order valence-electron chi connectivity index (χ3n) is 2.87. The SMILES string of the molecule is CN(C)C(=O)c1cc(Cl)cc(F)c1SCc1ccccc1. The summed E-state index contributed by atoms with van der Waals surface area (Å²) in [6.07, 6.45) is 0. The van der Waals surface area contributed by atoms with Crippen molar-refractivity contribution in [2.45, 2.75) is 10.6 Å². The minimum atomic E-state index is -0.464. The van der Waals surface area contributed by atoms with Crippen LogP contribution in [0.1, 0.15) is 15.9 Å². The van der Waals surface area contributed by atoms with E-state index in [9.17, 15) is 9.18 Å². The van der Waals surface area contributed by atoms with Crippen molar-refractivity contribution in [3.8, 4) is 0 Å². The van der Waals surface area contributed by atoms with Gasteiger partial charge in [-0.05, 0) is 17.7 Å². The van der Waals surface area contributed by atoms with E-state index in [1.165, 1.54) is 28.8 Å². The van der Waals surface area contributed by atoms with Crippen LogP contribution in [0.25, 0.3) is 0 Å². The number of hydrogen-bond donors (Lipinski definition) is 0. The summed E-state index contributed by atoms with van der Waals surface area (Å²) in [6.45, 7) is 0.